The van der Waals surface area contributed by atoms with Gasteiger partial charge in [-0.15, -0.1) is 0 Å². The Balaban J connectivity index is 0. The number of rotatable bonds is 0. The molecule has 0 saturated heterocycles. The molecule has 0 nitrogen and oxygen atoms in total. The molecule has 0 aliphatic rings. The van der Waals surface area contributed by atoms with Gasteiger partial charge in [-0.1, -0.05) is 0 Å². The van der Waals surface area contributed by atoms with Crippen LogP contribution in [-0.4, -0.2) is 0 Å². The van der Waals surface area contributed by atoms with Crippen LogP contribution in [-0.2, 0) is 38.4 Å². The van der Waals surface area contributed by atoms with Crippen molar-refractivity contribution in [1.82, 2.24) is 0 Å². The Hall–Kier alpha value is 3.25. The number of hydrogen-bond donors (Lipinski definition) is 0. The van der Waals surface area contributed by atoms with Crippen molar-refractivity contribution in [3.05, 3.63) is 0 Å². The van der Waals surface area contributed by atoms with E-state index in [-0.39, 0.29) is 125 Å². The number of halogens is 7. The summed E-state index contributed by atoms with van der Waals surface area (Å²) < 4.78 is 0. The smallest absolute Gasteiger partial charge is 1.00 e. The summed E-state index contributed by atoms with van der Waals surface area (Å²) in [5.41, 5.74) is 0. The summed E-state index contributed by atoms with van der Waals surface area (Å²) >= 11 is 0. The molecule has 0 aromatic heterocycles. The van der Waals surface area contributed by atoms with Crippen LogP contribution in [0.15, 0.2) is 0 Å². The zero-order valence-corrected chi connectivity index (χ0v) is 12.0. The van der Waals surface area contributed by atoms with Crippen molar-refractivity contribution < 1.29 is 125 Å². The van der Waals surface area contributed by atoms with Crippen LogP contribution in [0.2, 0.25) is 0 Å². The van der Waals surface area contributed by atoms with E-state index in [1.165, 1.54) is 0 Å². The van der Waals surface area contributed by atoms with Crippen LogP contribution >= 0.6 is 0 Å². The fourth-order valence-electron chi connectivity index (χ4n) is 0. The standard InChI is InChI=1S/7ClH.Cr.Mo/h7*1H;;/q;;;;;;;+3;+4/p-7. The first kappa shape index (κ1) is 147. The van der Waals surface area contributed by atoms with Gasteiger partial charge in [0.2, 0.25) is 0 Å². The zero-order chi connectivity index (χ0) is 0. The fourth-order valence-corrected chi connectivity index (χ4v) is 0. The second-order valence-corrected chi connectivity index (χ2v) is 0. The van der Waals surface area contributed by atoms with E-state index < -0.39 is 0 Å². The summed E-state index contributed by atoms with van der Waals surface area (Å²) in [4.78, 5) is 0. The van der Waals surface area contributed by atoms with Crippen molar-refractivity contribution in [2.45, 2.75) is 0 Å². The van der Waals surface area contributed by atoms with Gasteiger partial charge in [0.1, 0.15) is 0 Å². The molecule has 0 saturated carbocycles. The maximum Gasteiger partial charge on any atom is 4.00 e. The molecule has 0 atom stereocenters. The molecule has 9 heteroatoms. The summed E-state index contributed by atoms with van der Waals surface area (Å²) in [5, 5.41) is 0. The Morgan fingerprint density at radius 2 is 0.333 bits per heavy atom. The van der Waals surface area contributed by atoms with Crippen LogP contribution in [0.25, 0.3) is 0 Å². The van der Waals surface area contributed by atoms with Crippen molar-refractivity contribution in [2.75, 3.05) is 0 Å². The van der Waals surface area contributed by atoms with Crippen LogP contribution in [0.4, 0.5) is 0 Å². The Bertz CT molecular complexity index is 8.88. The molecule has 61 valence electrons. The van der Waals surface area contributed by atoms with E-state index >= 15 is 0 Å². The van der Waals surface area contributed by atoms with E-state index in [1.807, 2.05) is 0 Å². The molecule has 0 unspecified atom stereocenters. The molecule has 0 N–H and O–H groups in total. The molecule has 9 heavy (non-hydrogen) atoms. The maximum atomic E-state index is 0. The predicted molar refractivity (Wildman–Crippen MR) is 0 cm³/mol. The third-order valence-corrected chi connectivity index (χ3v) is 0. The molecule has 1 radical (unpaired) electrons. The molecular formula is Cl7CrMo. The van der Waals surface area contributed by atoms with Gasteiger partial charge in [0.25, 0.3) is 0 Å². The van der Waals surface area contributed by atoms with E-state index in [4.69, 9.17) is 0 Å². The van der Waals surface area contributed by atoms with E-state index in [1.54, 1.807) is 0 Å². The van der Waals surface area contributed by atoms with Crippen LogP contribution in [0, 0.1) is 0 Å². The predicted octanol–water partition coefficient (Wildman–Crippen LogP) is -21.0. The van der Waals surface area contributed by atoms with Gasteiger partial charge in [-0.25, -0.2) is 0 Å². The fraction of sp³-hybridized carbons (Fsp3) is 0. The monoisotopic (exact) mass is 395 g/mol. The van der Waals surface area contributed by atoms with E-state index in [9.17, 15) is 0 Å². The van der Waals surface area contributed by atoms with Gasteiger partial charge in [0, 0.05) is 0 Å². The van der Waals surface area contributed by atoms with Crippen LogP contribution in [0.1, 0.15) is 0 Å². The average Bonchev–Trinajstić information content (AvgIpc) is 0. The molecule has 0 amide bonds. The normalized spacial score (nSPS) is 0. The quantitative estimate of drug-likeness (QED) is 0.357. The maximum absolute atomic E-state index is 0. The largest absolute Gasteiger partial charge is 4.00 e. The summed E-state index contributed by atoms with van der Waals surface area (Å²) in [6.07, 6.45) is 0. The van der Waals surface area contributed by atoms with Crippen LogP contribution in [0.5, 0.6) is 0 Å². The number of hydrogen-bond acceptors (Lipinski definition) is 0. The Morgan fingerprint density at radius 3 is 0.333 bits per heavy atom. The summed E-state index contributed by atoms with van der Waals surface area (Å²) in [5.74, 6) is 0. The molecule has 0 rings (SSSR count). The molecule has 0 heterocycles. The molecular weight excluding hydrogens is 396 g/mol. The Kier molecular flexibility index (Phi) is 1820. The third-order valence-electron chi connectivity index (χ3n) is 0. The van der Waals surface area contributed by atoms with Gasteiger partial charge in [-0.3, -0.25) is 0 Å². The van der Waals surface area contributed by atoms with Crippen molar-refractivity contribution in [3.8, 4) is 0 Å². The van der Waals surface area contributed by atoms with Gasteiger partial charge in [0.05, 0.1) is 0 Å². The van der Waals surface area contributed by atoms with Gasteiger partial charge in [-0.2, -0.15) is 0 Å². The van der Waals surface area contributed by atoms with E-state index in [0.29, 0.717) is 0 Å². The van der Waals surface area contributed by atoms with Crippen molar-refractivity contribution >= 4 is 0 Å². The molecule has 0 fully saturated rings. The van der Waals surface area contributed by atoms with Crippen molar-refractivity contribution in [2.24, 2.45) is 0 Å². The van der Waals surface area contributed by atoms with Gasteiger partial charge in [-0.05, 0) is 0 Å². The van der Waals surface area contributed by atoms with Gasteiger partial charge >= 0.3 is 38.4 Å². The first-order valence-electron chi connectivity index (χ1n) is 0. The summed E-state index contributed by atoms with van der Waals surface area (Å²) in [6.45, 7) is 0. The zero-order valence-electron chi connectivity index (χ0n) is 3.46. The summed E-state index contributed by atoms with van der Waals surface area (Å²) in [6, 6.07) is 0. The van der Waals surface area contributed by atoms with E-state index in [2.05, 4.69) is 0 Å². The third kappa shape index (κ3) is 91.1. The Labute approximate surface area is 124 Å². The topological polar surface area (TPSA) is 0 Å². The molecule has 0 aliphatic heterocycles. The average molecular weight is 396 g/mol. The van der Waals surface area contributed by atoms with E-state index in [0.717, 1.165) is 0 Å². The van der Waals surface area contributed by atoms with Crippen LogP contribution in [0.3, 0.4) is 0 Å². The molecule has 0 aromatic carbocycles. The molecule has 0 aliphatic carbocycles. The minimum Gasteiger partial charge on any atom is -1.00 e. The minimum atomic E-state index is 0. The second-order valence-electron chi connectivity index (χ2n) is 0. The first-order valence-corrected chi connectivity index (χ1v) is 0. The van der Waals surface area contributed by atoms with Crippen molar-refractivity contribution in [1.29, 1.82) is 0 Å². The van der Waals surface area contributed by atoms with Gasteiger partial charge < -0.3 is 86.8 Å². The van der Waals surface area contributed by atoms with Crippen molar-refractivity contribution in [3.63, 3.8) is 0 Å². The molecule has 0 spiro atoms. The molecule has 0 bridgehead atoms. The first-order chi connectivity index (χ1) is 0. The minimum absolute atomic E-state index is 0. The summed E-state index contributed by atoms with van der Waals surface area (Å²) in [7, 11) is 0. The Morgan fingerprint density at radius 1 is 0.333 bits per heavy atom. The van der Waals surface area contributed by atoms with Gasteiger partial charge in [0.15, 0.2) is 0 Å². The SMILES string of the molecule is [Cl-].[Cl-].[Cl-].[Cl-].[Cl-].[Cl-].[Cl-].[Cr+3].[Mo+4]. The van der Waals surface area contributed by atoms with Crippen LogP contribution < -0.4 is 86.8 Å². The second kappa shape index (κ2) is 112. The molecule has 0 aromatic rings.